The van der Waals surface area contributed by atoms with Crippen LogP contribution < -0.4 is 5.32 Å². The number of nitrogens with one attached hydrogen (secondary N) is 1. The van der Waals surface area contributed by atoms with Crippen molar-refractivity contribution in [2.75, 3.05) is 5.32 Å². The Morgan fingerprint density at radius 3 is 2.64 bits per heavy atom. The fourth-order valence-electron chi connectivity index (χ4n) is 3.01. The van der Waals surface area contributed by atoms with Crippen LogP contribution >= 0.6 is 15.9 Å². The molecule has 3 rings (SSSR count). The van der Waals surface area contributed by atoms with Crippen molar-refractivity contribution in [1.82, 2.24) is 0 Å². The van der Waals surface area contributed by atoms with E-state index < -0.39 is 12.6 Å². The standard InChI is InChI=1S/C21H15BrF3N2O/c22-18-9-14(12-26)4-5-15(18)10-17-19(6-7-20(17)28)27-16-3-1-2-13(8-16)11-21(23,24)25/h1-5,8-10,27H,6-7,11H2. The van der Waals surface area contributed by atoms with E-state index in [1.54, 1.807) is 36.8 Å². The van der Waals surface area contributed by atoms with E-state index in [0.717, 1.165) is 5.56 Å². The molecule has 0 atom stereocenters. The van der Waals surface area contributed by atoms with Crippen LogP contribution in [0.4, 0.5) is 18.9 Å². The highest BCUT2D eigenvalue weighted by Gasteiger charge is 2.28. The van der Waals surface area contributed by atoms with Crippen molar-refractivity contribution >= 4 is 27.4 Å². The molecule has 1 aliphatic carbocycles. The predicted molar refractivity (Wildman–Crippen MR) is 103 cm³/mol. The number of ketones is 1. The molecule has 0 aliphatic heterocycles. The van der Waals surface area contributed by atoms with Crippen molar-refractivity contribution in [1.29, 1.82) is 5.26 Å². The fraction of sp³-hybridized carbons (Fsp3) is 0.190. The highest BCUT2D eigenvalue weighted by atomic mass is 79.9. The van der Waals surface area contributed by atoms with E-state index in [-0.39, 0.29) is 11.3 Å². The first-order valence-electron chi connectivity index (χ1n) is 8.48. The van der Waals surface area contributed by atoms with Crippen LogP contribution in [0.15, 0.2) is 58.2 Å². The predicted octanol–water partition coefficient (Wildman–Crippen LogP) is 5.71. The second-order valence-electron chi connectivity index (χ2n) is 6.43. The van der Waals surface area contributed by atoms with E-state index in [1.807, 2.05) is 6.07 Å². The van der Waals surface area contributed by atoms with E-state index in [1.165, 1.54) is 12.1 Å². The maximum absolute atomic E-state index is 12.6. The largest absolute Gasteiger partial charge is 0.393 e. The van der Waals surface area contributed by atoms with Crippen molar-refractivity contribution < 1.29 is 18.0 Å². The number of Topliss-reactive ketones (excluding diaryl/α,β-unsaturated/α-hetero) is 1. The van der Waals surface area contributed by atoms with Gasteiger partial charge in [0.1, 0.15) is 0 Å². The molecule has 7 heteroatoms. The summed E-state index contributed by atoms with van der Waals surface area (Å²) in [5.74, 6) is -0.0368. The monoisotopic (exact) mass is 447 g/mol. The van der Waals surface area contributed by atoms with Crippen molar-refractivity contribution in [3.05, 3.63) is 81.3 Å². The molecular formula is C21H15BrF3N2O. The maximum Gasteiger partial charge on any atom is 0.393 e. The zero-order chi connectivity index (χ0) is 20.3. The molecule has 2 aromatic carbocycles. The van der Waals surface area contributed by atoms with Gasteiger partial charge >= 0.3 is 6.18 Å². The Bertz CT molecular complexity index is 990. The number of benzene rings is 2. The van der Waals surface area contributed by atoms with Crippen LogP contribution in [0, 0.1) is 17.8 Å². The van der Waals surface area contributed by atoms with Gasteiger partial charge in [0.15, 0.2) is 5.78 Å². The summed E-state index contributed by atoms with van der Waals surface area (Å²) < 4.78 is 38.5. The van der Waals surface area contributed by atoms with Crippen LogP contribution in [-0.4, -0.2) is 12.0 Å². The number of rotatable bonds is 5. The highest BCUT2D eigenvalue weighted by molar-refractivity contribution is 9.10. The summed E-state index contributed by atoms with van der Waals surface area (Å²) in [6, 6.07) is 13.2. The van der Waals surface area contributed by atoms with E-state index >= 15 is 0 Å². The number of anilines is 1. The summed E-state index contributed by atoms with van der Waals surface area (Å²) >= 11 is 3.40. The number of hydrogen-bond donors (Lipinski definition) is 1. The van der Waals surface area contributed by atoms with Gasteiger partial charge < -0.3 is 5.32 Å². The van der Waals surface area contributed by atoms with Gasteiger partial charge in [-0.3, -0.25) is 4.79 Å². The maximum atomic E-state index is 12.6. The third-order valence-electron chi connectivity index (χ3n) is 4.28. The molecule has 2 aromatic rings. The first kappa shape index (κ1) is 20.2. The van der Waals surface area contributed by atoms with Gasteiger partial charge in [0.2, 0.25) is 0 Å². The third kappa shape index (κ3) is 5.02. The topological polar surface area (TPSA) is 52.9 Å². The number of carbonyl (C=O) groups excluding carboxylic acids is 1. The van der Waals surface area contributed by atoms with E-state index in [9.17, 15) is 18.0 Å². The minimum absolute atomic E-state index is 0.0368. The van der Waals surface area contributed by atoms with Gasteiger partial charge in [-0.15, -0.1) is 0 Å². The molecule has 1 N–H and O–H groups in total. The van der Waals surface area contributed by atoms with Crippen molar-refractivity contribution in [2.24, 2.45) is 0 Å². The van der Waals surface area contributed by atoms with Crippen molar-refractivity contribution in [2.45, 2.75) is 25.4 Å². The van der Waals surface area contributed by atoms with Gasteiger partial charge in [-0.05, 0) is 41.8 Å². The average Bonchev–Trinajstić information content (AvgIpc) is 2.95. The number of halogens is 4. The lowest BCUT2D eigenvalue weighted by Crippen LogP contribution is -2.11. The Hall–Kier alpha value is -2.59. The molecule has 0 saturated carbocycles. The minimum atomic E-state index is -4.28. The molecule has 143 valence electrons. The van der Waals surface area contributed by atoms with E-state index in [2.05, 4.69) is 21.2 Å². The summed E-state index contributed by atoms with van der Waals surface area (Å²) in [7, 11) is 0. The molecule has 0 heterocycles. The van der Waals surface area contributed by atoms with Crippen LogP contribution in [0.2, 0.25) is 0 Å². The first-order valence-corrected chi connectivity index (χ1v) is 9.28. The molecular weight excluding hydrogens is 433 g/mol. The van der Waals surface area contributed by atoms with Crippen LogP contribution in [0.3, 0.4) is 0 Å². The number of hydrogen-bond acceptors (Lipinski definition) is 3. The SMILES string of the molecule is N#Cc1ccc([CH]C2=C(Nc3cccc(CC(F)(F)F)c3)CCC2=O)c(Br)c1. The number of alkyl halides is 3. The van der Waals surface area contributed by atoms with Crippen molar-refractivity contribution in [3.8, 4) is 6.07 Å². The number of nitriles is 1. The lowest BCUT2D eigenvalue weighted by atomic mass is 10.0. The molecule has 3 nitrogen and oxygen atoms in total. The zero-order valence-corrected chi connectivity index (χ0v) is 16.2. The molecule has 0 fully saturated rings. The molecule has 28 heavy (non-hydrogen) atoms. The normalized spacial score (nSPS) is 14.3. The molecule has 0 unspecified atom stereocenters. The Kier molecular flexibility index (Phi) is 5.90. The second kappa shape index (κ2) is 8.19. The van der Waals surface area contributed by atoms with Crippen molar-refractivity contribution in [3.63, 3.8) is 0 Å². The Balaban J connectivity index is 1.84. The zero-order valence-electron chi connectivity index (χ0n) is 14.6. The smallest absolute Gasteiger partial charge is 0.359 e. The van der Waals surface area contributed by atoms with Crippen LogP contribution in [-0.2, 0) is 11.2 Å². The number of carbonyl (C=O) groups is 1. The molecule has 0 spiro atoms. The highest BCUT2D eigenvalue weighted by Crippen LogP contribution is 2.32. The molecule has 0 amide bonds. The summed E-state index contributed by atoms with van der Waals surface area (Å²) in [5, 5.41) is 12.1. The average molecular weight is 448 g/mol. The number of allylic oxidation sites excluding steroid dienone is 2. The van der Waals surface area contributed by atoms with Gasteiger partial charge in [-0.1, -0.05) is 34.1 Å². The molecule has 1 aliphatic rings. The summed E-state index contributed by atoms with van der Waals surface area (Å²) in [4.78, 5) is 12.3. The summed E-state index contributed by atoms with van der Waals surface area (Å²) in [6.07, 6.45) is -2.73. The van der Waals surface area contributed by atoms with Gasteiger partial charge in [0, 0.05) is 34.3 Å². The van der Waals surface area contributed by atoms with E-state index in [0.29, 0.717) is 39.8 Å². The molecule has 0 bridgehead atoms. The van der Waals surface area contributed by atoms with Gasteiger partial charge in [-0.2, -0.15) is 18.4 Å². The van der Waals surface area contributed by atoms with Gasteiger partial charge in [0.25, 0.3) is 0 Å². The minimum Gasteiger partial charge on any atom is -0.359 e. The van der Waals surface area contributed by atoms with Crippen LogP contribution in [0.5, 0.6) is 0 Å². The first-order chi connectivity index (χ1) is 13.2. The Morgan fingerprint density at radius 2 is 1.96 bits per heavy atom. The molecule has 0 aromatic heterocycles. The van der Waals surface area contributed by atoms with Crippen LogP contribution in [0.25, 0.3) is 0 Å². The van der Waals surface area contributed by atoms with Gasteiger partial charge in [0.05, 0.1) is 18.1 Å². The Morgan fingerprint density at radius 1 is 1.18 bits per heavy atom. The summed E-state index contributed by atoms with van der Waals surface area (Å²) in [6.45, 7) is 0. The quantitative estimate of drug-likeness (QED) is 0.638. The number of nitrogens with zero attached hydrogens (tertiary/aromatic N) is 1. The lowest BCUT2D eigenvalue weighted by Gasteiger charge is -2.13. The van der Waals surface area contributed by atoms with Gasteiger partial charge in [-0.25, -0.2) is 0 Å². The Labute approximate surface area is 169 Å². The summed E-state index contributed by atoms with van der Waals surface area (Å²) in [5.41, 5.74) is 3.07. The lowest BCUT2D eigenvalue weighted by molar-refractivity contribution is -0.127. The fourth-order valence-corrected chi connectivity index (χ4v) is 3.50. The van der Waals surface area contributed by atoms with E-state index in [4.69, 9.17) is 5.26 Å². The molecule has 1 radical (unpaired) electrons. The third-order valence-corrected chi connectivity index (χ3v) is 4.97. The molecule has 0 saturated heterocycles. The second-order valence-corrected chi connectivity index (χ2v) is 7.28. The van der Waals surface area contributed by atoms with Crippen LogP contribution in [0.1, 0.15) is 29.5 Å².